The second-order valence-electron chi connectivity index (χ2n) is 5.24. The monoisotopic (exact) mass is 292 g/mol. The first-order valence-corrected chi connectivity index (χ1v) is 7.52. The van der Waals surface area contributed by atoms with E-state index in [2.05, 4.69) is 17.8 Å². The summed E-state index contributed by atoms with van der Waals surface area (Å²) in [5, 5.41) is 0. The highest BCUT2D eigenvalue weighted by atomic mass is 14.3. The third-order valence-electron chi connectivity index (χ3n) is 3.80. The minimum atomic E-state index is -0.752. The van der Waals surface area contributed by atoms with Crippen molar-refractivity contribution in [2.24, 2.45) is 0 Å². The van der Waals surface area contributed by atoms with Crippen LogP contribution < -0.4 is 0 Å². The topological polar surface area (TPSA) is 0 Å². The van der Waals surface area contributed by atoms with Gasteiger partial charge < -0.3 is 0 Å². The molecular weight excluding hydrogens is 276 g/mol. The van der Waals surface area contributed by atoms with Gasteiger partial charge >= 0.3 is 0 Å². The molecule has 0 aliphatic heterocycles. The number of rotatable bonds is 2. The predicted octanol–water partition coefficient (Wildman–Crippen LogP) is 4.66. The molecule has 0 heterocycles. The van der Waals surface area contributed by atoms with Crippen LogP contribution in [0.4, 0.5) is 0 Å². The van der Waals surface area contributed by atoms with Crippen molar-refractivity contribution in [3.05, 3.63) is 108 Å². The number of hydrogen-bond acceptors (Lipinski definition) is 0. The first kappa shape index (κ1) is 14.7. The van der Waals surface area contributed by atoms with Crippen molar-refractivity contribution in [3.63, 3.8) is 0 Å². The lowest BCUT2D eigenvalue weighted by Crippen LogP contribution is -2.23. The molecule has 0 saturated carbocycles. The fourth-order valence-corrected chi connectivity index (χ4v) is 2.58. The third-order valence-corrected chi connectivity index (χ3v) is 3.80. The van der Waals surface area contributed by atoms with E-state index in [1.807, 2.05) is 91.0 Å². The van der Waals surface area contributed by atoms with E-state index in [0.717, 1.165) is 16.7 Å². The van der Waals surface area contributed by atoms with Crippen molar-refractivity contribution < 1.29 is 0 Å². The Hall–Kier alpha value is -3.22. The molecule has 108 valence electrons. The van der Waals surface area contributed by atoms with Gasteiger partial charge in [-0.05, 0) is 23.3 Å². The zero-order valence-corrected chi connectivity index (χ0v) is 12.7. The molecule has 0 aliphatic carbocycles. The first-order chi connectivity index (χ1) is 11.3. The van der Waals surface area contributed by atoms with E-state index < -0.39 is 5.41 Å². The van der Waals surface area contributed by atoms with E-state index in [0.29, 0.717) is 0 Å². The summed E-state index contributed by atoms with van der Waals surface area (Å²) in [6.45, 7) is 0. The second-order valence-corrected chi connectivity index (χ2v) is 5.24. The largest absolute Gasteiger partial charge is 0.142 e. The van der Waals surface area contributed by atoms with Crippen LogP contribution in [0.1, 0.15) is 16.7 Å². The number of terminal acetylenes is 1. The molecule has 0 amide bonds. The highest BCUT2D eigenvalue weighted by molar-refractivity contribution is 5.57. The van der Waals surface area contributed by atoms with Gasteiger partial charge in [0.2, 0.25) is 0 Å². The van der Waals surface area contributed by atoms with Gasteiger partial charge in [-0.3, -0.25) is 0 Å². The molecule has 0 N–H and O–H groups in total. The summed E-state index contributed by atoms with van der Waals surface area (Å²) < 4.78 is 0. The summed E-state index contributed by atoms with van der Waals surface area (Å²) in [6.07, 6.45) is 5.98. The maximum Gasteiger partial charge on any atom is 0.142 e. The van der Waals surface area contributed by atoms with Crippen LogP contribution in [0.25, 0.3) is 0 Å². The van der Waals surface area contributed by atoms with Crippen LogP contribution in [-0.2, 0) is 5.41 Å². The molecule has 0 radical (unpaired) electrons. The zero-order valence-electron chi connectivity index (χ0n) is 12.7. The van der Waals surface area contributed by atoms with E-state index in [9.17, 15) is 0 Å². The van der Waals surface area contributed by atoms with Gasteiger partial charge in [0.1, 0.15) is 5.41 Å². The van der Waals surface area contributed by atoms with E-state index >= 15 is 0 Å². The summed E-state index contributed by atoms with van der Waals surface area (Å²) in [4.78, 5) is 0. The summed E-state index contributed by atoms with van der Waals surface area (Å²) in [5.41, 5.74) is 2.23. The Morgan fingerprint density at radius 1 is 0.609 bits per heavy atom. The fraction of sp³-hybridized carbons (Fsp3) is 0.0435. The molecule has 0 aliphatic rings. The van der Waals surface area contributed by atoms with Crippen molar-refractivity contribution in [2.75, 3.05) is 0 Å². The molecule has 0 aromatic heterocycles. The Labute approximate surface area is 137 Å². The van der Waals surface area contributed by atoms with Crippen molar-refractivity contribution in [1.29, 1.82) is 0 Å². The van der Waals surface area contributed by atoms with Crippen molar-refractivity contribution in [1.82, 2.24) is 0 Å². The lowest BCUT2D eigenvalue weighted by Gasteiger charge is -2.24. The second kappa shape index (κ2) is 6.69. The molecule has 3 rings (SSSR count). The molecule has 3 aromatic carbocycles. The van der Waals surface area contributed by atoms with E-state index in [1.165, 1.54) is 0 Å². The predicted molar refractivity (Wildman–Crippen MR) is 95.8 cm³/mol. The van der Waals surface area contributed by atoms with Gasteiger partial charge in [0.15, 0.2) is 0 Å². The smallest absolute Gasteiger partial charge is 0.118 e. The normalized spacial score (nSPS) is 10.2. The molecule has 0 atom stereocenters. The van der Waals surface area contributed by atoms with Crippen LogP contribution in [0.3, 0.4) is 0 Å². The van der Waals surface area contributed by atoms with Crippen molar-refractivity contribution in [2.45, 2.75) is 5.41 Å². The molecule has 0 fully saturated rings. The Morgan fingerprint density at radius 3 is 1.48 bits per heavy atom. The van der Waals surface area contributed by atoms with E-state index in [4.69, 9.17) is 6.42 Å². The molecule has 0 unspecified atom stereocenters. The lowest BCUT2D eigenvalue weighted by atomic mass is 9.75. The maximum atomic E-state index is 5.98. The molecule has 0 bridgehead atoms. The average molecular weight is 292 g/mol. The van der Waals surface area contributed by atoms with Gasteiger partial charge in [0, 0.05) is 5.56 Å². The van der Waals surface area contributed by atoms with Crippen molar-refractivity contribution >= 4 is 0 Å². The minimum absolute atomic E-state index is 0.752. The summed E-state index contributed by atoms with van der Waals surface area (Å²) in [7, 11) is 0. The molecule has 0 heteroatoms. The highest BCUT2D eigenvalue weighted by Gasteiger charge is 2.29. The summed E-state index contributed by atoms with van der Waals surface area (Å²) in [6, 6.07) is 30.0. The Balaban J connectivity index is 2.19. The van der Waals surface area contributed by atoms with Gasteiger partial charge in [0.05, 0.1) is 0 Å². The summed E-state index contributed by atoms with van der Waals surface area (Å²) in [5.74, 6) is 9.53. The SMILES string of the molecule is C#CC(C#Cc1ccccc1)(c1ccccc1)c1ccccc1. The number of benzene rings is 3. The van der Waals surface area contributed by atoms with Gasteiger partial charge in [-0.1, -0.05) is 96.6 Å². The van der Waals surface area contributed by atoms with Crippen LogP contribution in [0.2, 0.25) is 0 Å². The van der Waals surface area contributed by atoms with Gasteiger partial charge in [-0.25, -0.2) is 0 Å². The molecule has 0 saturated heterocycles. The third kappa shape index (κ3) is 3.03. The molecule has 3 aromatic rings. The first-order valence-electron chi connectivity index (χ1n) is 7.52. The Kier molecular flexibility index (Phi) is 4.28. The Bertz CT molecular complexity index is 818. The van der Waals surface area contributed by atoms with Crippen LogP contribution in [0, 0.1) is 24.2 Å². The Morgan fingerprint density at radius 2 is 1.04 bits per heavy atom. The maximum absolute atomic E-state index is 5.98. The van der Waals surface area contributed by atoms with E-state index in [1.54, 1.807) is 0 Å². The molecule has 0 spiro atoms. The summed E-state index contributed by atoms with van der Waals surface area (Å²) >= 11 is 0. The molecule has 23 heavy (non-hydrogen) atoms. The zero-order chi connectivity index (χ0) is 16.0. The molecule has 0 nitrogen and oxygen atoms in total. The fourth-order valence-electron chi connectivity index (χ4n) is 2.58. The van der Waals surface area contributed by atoms with Crippen LogP contribution in [0.5, 0.6) is 0 Å². The molecular formula is C23H16. The van der Waals surface area contributed by atoms with Crippen LogP contribution in [0.15, 0.2) is 91.0 Å². The lowest BCUT2D eigenvalue weighted by molar-refractivity contribution is 0.883. The van der Waals surface area contributed by atoms with Gasteiger partial charge in [-0.2, -0.15) is 0 Å². The van der Waals surface area contributed by atoms with Crippen LogP contribution in [-0.4, -0.2) is 0 Å². The van der Waals surface area contributed by atoms with E-state index in [-0.39, 0.29) is 0 Å². The van der Waals surface area contributed by atoms with Crippen LogP contribution >= 0.6 is 0 Å². The van der Waals surface area contributed by atoms with Crippen molar-refractivity contribution in [3.8, 4) is 24.2 Å². The quantitative estimate of drug-likeness (QED) is 0.603. The average Bonchev–Trinajstić information content (AvgIpc) is 2.65. The van der Waals surface area contributed by atoms with Gasteiger partial charge in [0.25, 0.3) is 0 Å². The van der Waals surface area contributed by atoms with Gasteiger partial charge in [-0.15, -0.1) is 6.42 Å². The minimum Gasteiger partial charge on any atom is -0.118 e. The standard InChI is InChI=1S/C23H16/c1-2-23(21-14-8-4-9-15-21,22-16-10-5-11-17-22)19-18-20-12-6-3-7-13-20/h1,3-17H. The number of hydrogen-bond donors (Lipinski definition) is 0. The highest BCUT2D eigenvalue weighted by Crippen LogP contribution is 2.31.